The van der Waals surface area contributed by atoms with Crippen LogP contribution in [-0.2, 0) is 9.59 Å². The maximum Gasteiger partial charge on any atom is 0.328 e. The van der Waals surface area contributed by atoms with Crippen molar-refractivity contribution < 1.29 is 28.6 Å². The van der Waals surface area contributed by atoms with E-state index in [-0.39, 0.29) is 11.4 Å². The van der Waals surface area contributed by atoms with Gasteiger partial charge in [0.05, 0.1) is 7.11 Å². The van der Waals surface area contributed by atoms with E-state index in [4.69, 9.17) is 9.84 Å². The summed E-state index contributed by atoms with van der Waals surface area (Å²) in [5, 5.41) is 12.3. The number of carboxylic acids is 1. The molecule has 0 aliphatic heterocycles. The van der Waals surface area contributed by atoms with Crippen molar-refractivity contribution in [2.24, 2.45) is 0 Å². The number of carbonyl (C=O) groups excluding carboxylic acids is 2. The zero-order valence-corrected chi connectivity index (χ0v) is 10.3. The molecule has 3 N–H and O–H groups in total. The first-order valence-corrected chi connectivity index (χ1v) is 5.29. The molecular weight excluding hydrogens is 271 g/mol. The van der Waals surface area contributed by atoms with Crippen LogP contribution in [0.4, 0.5) is 14.9 Å². The van der Waals surface area contributed by atoms with Gasteiger partial charge in [-0.3, -0.25) is 10.1 Å². The lowest BCUT2D eigenvalue weighted by molar-refractivity contribution is -0.131. The van der Waals surface area contributed by atoms with Crippen LogP contribution in [0.1, 0.15) is 0 Å². The Morgan fingerprint density at radius 2 is 2.00 bits per heavy atom. The van der Waals surface area contributed by atoms with Gasteiger partial charge in [-0.15, -0.1) is 0 Å². The number of hydrogen-bond donors (Lipinski definition) is 3. The SMILES string of the molecule is COc1ccc(NC(=O)NC(=O)/C=C/C(=O)O)cc1F. The molecule has 20 heavy (non-hydrogen) atoms. The van der Waals surface area contributed by atoms with Gasteiger partial charge in [-0.2, -0.15) is 0 Å². The molecule has 1 aromatic rings. The number of hydrogen-bond acceptors (Lipinski definition) is 4. The highest BCUT2D eigenvalue weighted by atomic mass is 19.1. The summed E-state index contributed by atoms with van der Waals surface area (Å²) < 4.78 is 18.0. The van der Waals surface area contributed by atoms with Crippen LogP contribution in [0.2, 0.25) is 0 Å². The molecule has 0 saturated carbocycles. The molecule has 1 aromatic carbocycles. The fraction of sp³-hybridized carbons (Fsp3) is 0.0833. The van der Waals surface area contributed by atoms with Crippen LogP contribution in [0.15, 0.2) is 30.4 Å². The van der Waals surface area contributed by atoms with E-state index < -0.39 is 23.7 Å². The first-order valence-electron chi connectivity index (χ1n) is 5.29. The van der Waals surface area contributed by atoms with Crippen LogP contribution in [0.3, 0.4) is 0 Å². The molecule has 106 valence electrons. The molecule has 0 saturated heterocycles. The number of urea groups is 1. The molecule has 0 aliphatic carbocycles. The third-order valence-electron chi connectivity index (χ3n) is 2.02. The fourth-order valence-electron chi connectivity index (χ4n) is 1.21. The van der Waals surface area contributed by atoms with Crippen LogP contribution in [0.25, 0.3) is 0 Å². The number of imide groups is 1. The van der Waals surface area contributed by atoms with Crippen molar-refractivity contribution >= 4 is 23.6 Å². The van der Waals surface area contributed by atoms with E-state index >= 15 is 0 Å². The monoisotopic (exact) mass is 282 g/mol. The van der Waals surface area contributed by atoms with E-state index in [9.17, 15) is 18.8 Å². The van der Waals surface area contributed by atoms with Gasteiger partial charge in [0, 0.05) is 23.9 Å². The Labute approximate surface area is 113 Å². The molecule has 0 fully saturated rings. The number of methoxy groups -OCH3 is 1. The van der Waals surface area contributed by atoms with E-state index in [1.54, 1.807) is 0 Å². The number of amides is 3. The molecule has 1 rings (SSSR count). The molecule has 0 aromatic heterocycles. The number of rotatable bonds is 4. The highest BCUT2D eigenvalue weighted by Gasteiger charge is 2.08. The zero-order valence-electron chi connectivity index (χ0n) is 10.3. The Bertz CT molecular complexity index is 571. The second kappa shape index (κ2) is 6.88. The maximum absolute atomic E-state index is 13.3. The second-order valence-corrected chi connectivity index (χ2v) is 3.46. The predicted octanol–water partition coefficient (Wildman–Crippen LogP) is 1.12. The summed E-state index contributed by atoms with van der Waals surface area (Å²) in [6.45, 7) is 0. The number of anilines is 1. The number of ether oxygens (including phenoxy) is 1. The number of benzene rings is 1. The van der Waals surface area contributed by atoms with Gasteiger partial charge in [-0.05, 0) is 12.1 Å². The van der Waals surface area contributed by atoms with Gasteiger partial charge < -0.3 is 15.2 Å². The molecule has 0 atom stereocenters. The van der Waals surface area contributed by atoms with E-state index in [0.29, 0.717) is 12.2 Å². The average molecular weight is 282 g/mol. The molecule has 7 nitrogen and oxygen atoms in total. The van der Waals surface area contributed by atoms with Gasteiger partial charge in [0.1, 0.15) is 0 Å². The number of carboxylic acid groups (broad SMARTS) is 1. The number of nitrogens with one attached hydrogen (secondary N) is 2. The first kappa shape index (κ1) is 15.2. The summed E-state index contributed by atoms with van der Waals surface area (Å²) >= 11 is 0. The molecule has 0 radical (unpaired) electrons. The predicted molar refractivity (Wildman–Crippen MR) is 66.9 cm³/mol. The van der Waals surface area contributed by atoms with Gasteiger partial charge >= 0.3 is 12.0 Å². The Balaban J connectivity index is 2.60. The van der Waals surface area contributed by atoms with Crippen LogP contribution >= 0.6 is 0 Å². The zero-order chi connectivity index (χ0) is 15.1. The number of carbonyl (C=O) groups is 3. The lowest BCUT2D eigenvalue weighted by Crippen LogP contribution is -2.33. The van der Waals surface area contributed by atoms with Crippen LogP contribution in [0.5, 0.6) is 5.75 Å². The van der Waals surface area contributed by atoms with E-state index in [1.165, 1.54) is 19.2 Å². The Kier molecular flexibility index (Phi) is 5.21. The van der Waals surface area contributed by atoms with Gasteiger partial charge in [0.15, 0.2) is 11.6 Å². The normalized spacial score (nSPS) is 10.1. The van der Waals surface area contributed by atoms with Crippen molar-refractivity contribution in [2.45, 2.75) is 0 Å². The van der Waals surface area contributed by atoms with Crippen LogP contribution < -0.4 is 15.4 Å². The van der Waals surface area contributed by atoms with Crippen LogP contribution in [-0.4, -0.2) is 30.1 Å². The summed E-state index contributed by atoms with van der Waals surface area (Å²) in [7, 11) is 1.30. The van der Waals surface area contributed by atoms with Crippen molar-refractivity contribution in [3.05, 3.63) is 36.2 Å². The van der Waals surface area contributed by atoms with Crippen molar-refractivity contribution in [3.8, 4) is 5.75 Å². The van der Waals surface area contributed by atoms with Crippen molar-refractivity contribution in [1.29, 1.82) is 0 Å². The third-order valence-corrected chi connectivity index (χ3v) is 2.02. The minimum absolute atomic E-state index is 0.0106. The van der Waals surface area contributed by atoms with Gasteiger partial charge in [-0.25, -0.2) is 14.0 Å². The molecular formula is C12H11FN2O5. The third kappa shape index (κ3) is 4.77. The molecule has 0 heterocycles. The molecule has 0 bridgehead atoms. The minimum atomic E-state index is -1.32. The highest BCUT2D eigenvalue weighted by Crippen LogP contribution is 2.20. The lowest BCUT2D eigenvalue weighted by Gasteiger charge is -2.07. The molecule has 8 heteroatoms. The average Bonchev–Trinajstić information content (AvgIpc) is 2.36. The molecule has 0 unspecified atom stereocenters. The lowest BCUT2D eigenvalue weighted by atomic mass is 10.3. The van der Waals surface area contributed by atoms with Gasteiger partial charge in [0.25, 0.3) is 5.91 Å². The largest absolute Gasteiger partial charge is 0.494 e. The van der Waals surface area contributed by atoms with Crippen molar-refractivity contribution in [1.82, 2.24) is 5.32 Å². The van der Waals surface area contributed by atoms with Gasteiger partial charge in [-0.1, -0.05) is 0 Å². The van der Waals surface area contributed by atoms with Crippen molar-refractivity contribution in [2.75, 3.05) is 12.4 Å². The summed E-state index contributed by atoms with van der Waals surface area (Å²) in [6.07, 6.45) is 1.26. The Morgan fingerprint density at radius 1 is 1.30 bits per heavy atom. The minimum Gasteiger partial charge on any atom is -0.494 e. The summed E-state index contributed by atoms with van der Waals surface area (Å²) in [4.78, 5) is 32.6. The smallest absolute Gasteiger partial charge is 0.328 e. The molecule has 0 spiro atoms. The second-order valence-electron chi connectivity index (χ2n) is 3.46. The standard InChI is InChI=1S/C12H11FN2O5/c1-20-9-3-2-7(6-8(9)13)14-12(19)15-10(16)4-5-11(17)18/h2-6H,1H3,(H,17,18)(H2,14,15,16,19)/b5-4+. The van der Waals surface area contributed by atoms with Crippen LogP contribution in [0, 0.1) is 5.82 Å². The summed E-state index contributed by atoms with van der Waals surface area (Å²) in [5.74, 6) is -2.91. The van der Waals surface area contributed by atoms with E-state index in [2.05, 4.69) is 5.32 Å². The molecule has 3 amide bonds. The summed E-state index contributed by atoms with van der Waals surface area (Å²) in [6, 6.07) is 2.76. The van der Waals surface area contributed by atoms with Crippen molar-refractivity contribution in [3.63, 3.8) is 0 Å². The maximum atomic E-state index is 13.3. The number of halogens is 1. The Morgan fingerprint density at radius 3 is 2.55 bits per heavy atom. The quantitative estimate of drug-likeness (QED) is 0.718. The van der Waals surface area contributed by atoms with Gasteiger partial charge in [0.2, 0.25) is 0 Å². The van der Waals surface area contributed by atoms with E-state index in [1.807, 2.05) is 5.32 Å². The summed E-state index contributed by atoms with van der Waals surface area (Å²) in [5.41, 5.74) is 0.107. The number of aliphatic carboxylic acids is 1. The Hall–Kier alpha value is -2.90. The fourth-order valence-corrected chi connectivity index (χ4v) is 1.21. The topological polar surface area (TPSA) is 105 Å². The van der Waals surface area contributed by atoms with E-state index in [0.717, 1.165) is 6.07 Å². The molecule has 0 aliphatic rings. The highest BCUT2D eigenvalue weighted by molar-refractivity contribution is 6.06. The first-order chi connectivity index (χ1) is 9.42.